The van der Waals surface area contributed by atoms with Gasteiger partial charge >= 0.3 is 0 Å². The number of hydrogen-bond donors (Lipinski definition) is 2. The molecule has 5 nitrogen and oxygen atoms in total. The van der Waals surface area contributed by atoms with E-state index in [9.17, 15) is 9.59 Å². The number of thioether (sulfide) groups is 1. The lowest BCUT2D eigenvalue weighted by atomic mass is 10.1. The highest BCUT2D eigenvalue weighted by Crippen LogP contribution is 2.30. The maximum absolute atomic E-state index is 12.5. The Bertz CT molecular complexity index is 1300. The summed E-state index contributed by atoms with van der Waals surface area (Å²) in [5.41, 5.74) is 3.55. The number of rotatable bonds is 8. The molecule has 3 aromatic carbocycles. The van der Waals surface area contributed by atoms with E-state index in [-0.39, 0.29) is 17.6 Å². The van der Waals surface area contributed by atoms with Crippen molar-refractivity contribution in [1.29, 1.82) is 0 Å². The number of anilines is 2. The second kappa shape index (κ2) is 11.4. The van der Waals surface area contributed by atoms with E-state index in [1.165, 1.54) is 29.2 Å². The number of benzene rings is 3. The average molecular weight is 486 g/mol. The summed E-state index contributed by atoms with van der Waals surface area (Å²) in [5, 5.41) is 6.34. The normalized spacial score (nSPS) is 10.9. The van der Waals surface area contributed by atoms with Gasteiger partial charge in [0.2, 0.25) is 11.8 Å². The summed E-state index contributed by atoms with van der Waals surface area (Å²) < 4.78 is 0. The maximum Gasteiger partial charge on any atom is 0.248 e. The van der Waals surface area contributed by atoms with Crippen LogP contribution in [-0.2, 0) is 9.59 Å². The lowest BCUT2D eigenvalue weighted by molar-refractivity contribution is -0.114. The van der Waals surface area contributed by atoms with Crippen LogP contribution in [0, 0.1) is 6.92 Å². The van der Waals surface area contributed by atoms with Crippen molar-refractivity contribution in [2.75, 3.05) is 16.4 Å². The van der Waals surface area contributed by atoms with Crippen LogP contribution in [0.25, 0.3) is 17.3 Å². The summed E-state index contributed by atoms with van der Waals surface area (Å²) in [6.07, 6.45) is 3.27. The molecule has 0 unspecified atom stereocenters. The monoisotopic (exact) mass is 485 g/mol. The predicted octanol–water partition coefficient (Wildman–Crippen LogP) is 6.50. The molecule has 0 saturated heterocycles. The summed E-state index contributed by atoms with van der Waals surface area (Å²) in [5.74, 6) is -0.0966. The Morgan fingerprint density at radius 3 is 2.44 bits per heavy atom. The highest BCUT2D eigenvalue weighted by Gasteiger charge is 2.12. The first kappa shape index (κ1) is 23.5. The molecular formula is C27H23N3O2S2. The van der Waals surface area contributed by atoms with Gasteiger partial charge in [0.25, 0.3) is 0 Å². The van der Waals surface area contributed by atoms with Gasteiger partial charge in [-0.3, -0.25) is 9.59 Å². The Morgan fingerprint density at radius 1 is 0.941 bits per heavy atom. The maximum atomic E-state index is 12.5. The molecule has 2 N–H and O–H groups in total. The van der Waals surface area contributed by atoms with Crippen LogP contribution in [0.4, 0.5) is 10.8 Å². The minimum Gasteiger partial charge on any atom is -0.322 e. The van der Waals surface area contributed by atoms with Crippen LogP contribution < -0.4 is 10.6 Å². The van der Waals surface area contributed by atoms with Gasteiger partial charge in [-0.05, 0) is 36.8 Å². The zero-order chi connectivity index (χ0) is 23.8. The number of carbonyl (C=O) groups is 2. The largest absolute Gasteiger partial charge is 0.322 e. The first-order valence-electron chi connectivity index (χ1n) is 10.7. The lowest BCUT2D eigenvalue weighted by Gasteiger charge is -2.06. The van der Waals surface area contributed by atoms with Crippen molar-refractivity contribution in [3.8, 4) is 11.3 Å². The average Bonchev–Trinajstić information content (AvgIpc) is 3.22. The fourth-order valence-corrected chi connectivity index (χ4v) is 4.81. The molecule has 170 valence electrons. The van der Waals surface area contributed by atoms with Gasteiger partial charge in [0.05, 0.1) is 11.4 Å². The molecule has 0 aliphatic rings. The molecular weight excluding hydrogens is 462 g/mol. The third-order valence-corrected chi connectivity index (χ3v) is 6.67. The minimum absolute atomic E-state index is 0.126. The summed E-state index contributed by atoms with van der Waals surface area (Å²) in [6.45, 7) is 2.00. The van der Waals surface area contributed by atoms with Crippen LogP contribution in [0.5, 0.6) is 0 Å². The van der Waals surface area contributed by atoms with Crippen molar-refractivity contribution in [1.82, 2.24) is 4.98 Å². The quantitative estimate of drug-likeness (QED) is 0.221. The van der Waals surface area contributed by atoms with E-state index in [2.05, 4.69) is 15.6 Å². The minimum atomic E-state index is -0.211. The fraction of sp³-hybridized carbons (Fsp3) is 0.0741. The van der Waals surface area contributed by atoms with E-state index in [1.807, 2.05) is 91.9 Å². The first-order chi connectivity index (χ1) is 16.6. The third kappa shape index (κ3) is 6.66. The second-order valence-electron chi connectivity index (χ2n) is 7.39. The number of carbonyl (C=O) groups excluding carboxylic acids is 2. The summed E-state index contributed by atoms with van der Waals surface area (Å²) >= 11 is 2.87. The summed E-state index contributed by atoms with van der Waals surface area (Å²) in [7, 11) is 0. The van der Waals surface area contributed by atoms with Crippen molar-refractivity contribution in [3.05, 3.63) is 101 Å². The number of nitrogens with one attached hydrogen (secondary N) is 2. The van der Waals surface area contributed by atoms with Gasteiger partial charge in [0, 0.05) is 27.1 Å². The topological polar surface area (TPSA) is 71.1 Å². The molecule has 2 amide bonds. The van der Waals surface area contributed by atoms with E-state index in [0.717, 1.165) is 26.6 Å². The number of hydrogen-bond acceptors (Lipinski definition) is 5. The Hall–Kier alpha value is -3.68. The van der Waals surface area contributed by atoms with Gasteiger partial charge in [0.1, 0.15) is 0 Å². The molecule has 34 heavy (non-hydrogen) atoms. The van der Waals surface area contributed by atoms with Gasteiger partial charge in [-0.2, -0.15) is 0 Å². The van der Waals surface area contributed by atoms with Crippen molar-refractivity contribution in [2.24, 2.45) is 0 Å². The fourth-order valence-electron chi connectivity index (χ4n) is 3.20. The van der Waals surface area contributed by atoms with Crippen LogP contribution in [0.15, 0.2) is 95.9 Å². The molecule has 0 fully saturated rings. The van der Waals surface area contributed by atoms with Crippen LogP contribution in [0.1, 0.15) is 10.4 Å². The van der Waals surface area contributed by atoms with Gasteiger partial charge in [-0.25, -0.2) is 4.98 Å². The van der Waals surface area contributed by atoms with Crippen LogP contribution in [-0.4, -0.2) is 22.6 Å². The third-order valence-electron chi connectivity index (χ3n) is 4.79. The van der Waals surface area contributed by atoms with Gasteiger partial charge in [-0.1, -0.05) is 66.7 Å². The molecule has 4 aromatic rings. The van der Waals surface area contributed by atoms with Gasteiger partial charge in [0.15, 0.2) is 5.13 Å². The van der Waals surface area contributed by atoms with E-state index in [1.54, 1.807) is 6.08 Å². The molecule has 0 radical (unpaired) electrons. The molecule has 0 atom stereocenters. The molecule has 4 rings (SSSR count). The standard InChI is InChI=1S/C27H23N3O2S2/c1-19-26(21-11-6-3-7-12-21)30-27(34-19)29-25(32)18-33-23-14-8-13-22(17-23)28-24(31)16-15-20-9-4-2-5-10-20/h2-17H,18H2,1H3,(H,28,31)(H,29,30,32)/b16-15+. The number of aromatic nitrogens is 1. The van der Waals surface area contributed by atoms with E-state index >= 15 is 0 Å². The Labute approximate surface area is 207 Å². The Kier molecular flexibility index (Phi) is 7.91. The molecule has 0 spiro atoms. The molecule has 0 aliphatic carbocycles. The number of aryl methyl sites for hydroxylation is 1. The predicted molar refractivity (Wildman–Crippen MR) is 142 cm³/mol. The van der Waals surface area contributed by atoms with E-state index in [0.29, 0.717) is 10.8 Å². The molecule has 1 heterocycles. The van der Waals surface area contributed by atoms with Gasteiger partial charge < -0.3 is 10.6 Å². The Morgan fingerprint density at radius 2 is 1.68 bits per heavy atom. The number of thiazole rings is 1. The number of amides is 2. The van der Waals surface area contributed by atoms with Crippen molar-refractivity contribution >= 4 is 51.8 Å². The SMILES string of the molecule is Cc1sc(NC(=O)CSc2cccc(NC(=O)/C=C/c3ccccc3)c2)nc1-c1ccccc1. The first-order valence-corrected chi connectivity index (χ1v) is 12.5. The van der Waals surface area contributed by atoms with Crippen LogP contribution in [0.3, 0.4) is 0 Å². The van der Waals surface area contributed by atoms with Crippen molar-refractivity contribution < 1.29 is 9.59 Å². The van der Waals surface area contributed by atoms with E-state index < -0.39 is 0 Å². The molecule has 0 aliphatic heterocycles. The van der Waals surface area contributed by atoms with E-state index in [4.69, 9.17) is 0 Å². The van der Waals surface area contributed by atoms with Crippen molar-refractivity contribution in [2.45, 2.75) is 11.8 Å². The molecule has 0 saturated carbocycles. The van der Waals surface area contributed by atoms with Crippen LogP contribution >= 0.6 is 23.1 Å². The van der Waals surface area contributed by atoms with Gasteiger partial charge in [-0.15, -0.1) is 23.1 Å². The Balaban J connectivity index is 1.30. The smallest absolute Gasteiger partial charge is 0.248 e. The molecule has 1 aromatic heterocycles. The zero-order valence-corrected chi connectivity index (χ0v) is 20.2. The summed E-state index contributed by atoms with van der Waals surface area (Å²) in [4.78, 5) is 31.2. The molecule has 7 heteroatoms. The zero-order valence-electron chi connectivity index (χ0n) is 18.5. The van der Waals surface area contributed by atoms with Crippen LogP contribution in [0.2, 0.25) is 0 Å². The molecule has 0 bridgehead atoms. The second-order valence-corrected chi connectivity index (χ2v) is 9.64. The highest BCUT2D eigenvalue weighted by atomic mass is 32.2. The number of nitrogens with zero attached hydrogens (tertiary/aromatic N) is 1. The summed E-state index contributed by atoms with van der Waals surface area (Å²) in [6, 6.07) is 27.0. The lowest BCUT2D eigenvalue weighted by Crippen LogP contribution is -2.13. The highest BCUT2D eigenvalue weighted by molar-refractivity contribution is 8.00. The van der Waals surface area contributed by atoms with Crippen molar-refractivity contribution in [3.63, 3.8) is 0 Å².